The quantitative estimate of drug-likeness (QED) is 0.856. The van der Waals surface area contributed by atoms with Gasteiger partial charge in [0.2, 0.25) is 5.89 Å². The molecule has 1 aliphatic carbocycles. The zero-order valence-electron chi connectivity index (χ0n) is 15.1. The summed E-state index contributed by atoms with van der Waals surface area (Å²) in [6.45, 7) is 7.53. The molecule has 136 valence electrons. The molecule has 2 atom stereocenters. The second-order valence-corrected chi connectivity index (χ2v) is 7.69. The van der Waals surface area contributed by atoms with Gasteiger partial charge in [0.25, 0.3) is 0 Å². The van der Waals surface area contributed by atoms with Crippen molar-refractivity contribution in [2.24, 2.45) is 0 Å². The predicted molar refractivity (Wildman–Crippen MR) is 88.6 cm³/mol. The Morgan fingerprint density at radius 2 is 2.25 bits per heavy atom. The summed E-state index contributed by atoms with van der Waals surface area (Å²) < 4.78 is 10.5. The molecule has 0 aromatic carbocycles. The third kappa shape index (κ3) is 5.78. The first-order valence-corrected chi connectivity index (χ1v) is 8.72. The highest BCUT2D eigenvalue weighted by Crippen LogP contribution is 2.31. The fraction of sp³-hybridized carbons (Fsp3) is 0.824. The molecule has 1 amide bonds. The number of aliphatic hydroxyl groups is 1. The van der Waals surface area contributed by atoms with Crippen LogP contribution in [0.2, 0.25) is 0 Å². The number of hydrogen-bond acceptors (Lipinski definition) is 6. The third-order valence-electron chi connectivity index (χ3n) is 4.01. The number of alkyl carbamates (subject to hydrolysis) is 1. The number of ether oxygens (including phenoxy) is 1. The molecule has 1 saturated carbocycles. The molecular weight excluding hydrogens is 310 g/mol. The van der Waals surface area contributed by atoms with Gasteiger partial charge in [0.15, 0.2) is 5.82 Å². The molecule has 7 nitrogen and oxygen atoms in total. The Bertz CT molecular complexity index is 552. The second-order valence-electron chi connectivity index (χ2n) is 7.69. The molecule has 0 spiro atoms. The van der Waals surface area contributed by atoms with Crippen molar-refractivity contribution in [2.75, 3.05) is 0 Å². The lowest BCUT2D eigenvalue weighted by atomic mass is 9.79. The minimum atomic E-state index is -0.937. The Balaban J connectivity index is 1.91. The highest BCUT2D eigenvalue weighted by Gasteiger charge is 2.37. The molecule has 0 aliphatic heterocycles. The van der Waals surface area contributed by atoms with Crippen LogP contribution in [0.3, 0.4) is 0 Å². The summed E-state index contributed by atoms with van der Waals surface area (Å²) in [6.07, 6.45) is 4.36. The van der Waals surface area contributed by atoms with E-state index >= 15 is 0 Å². The van der Waals surface area contributed by atoms with Crippen molar-refractivity contribution in [1.82, 2.24) is 15.5 Å². The van der Waals surface area contributed by atoms with Gasteiger partial charge >= 0.3 is 6.09 Å². The Hall–Kier alpha value is -1.63. The van der Waals surface area contributed by atoms with E-state index in [1.165, 1.54) is 0 Å². The van der Waals surface area contributed by atoms with Crippen LogP contribution in [0.15, 0.2) is 4.52 Å². The average molecular weight is 339 g/mol. The Morgan fingerprint density at radius 1 is 1.50 bits per heavy atom. The number of carbonyl (C=O) groups is 1. The molecule has 2 rings (SSSR count). The van der Waals surface area contributed by atoms with E-state index in [4.69, 9.17) is 9.26 Å². The molecule has 1 aromatic heterocycles. The Kier molecular flexibility index (Phi) is 5.85. The van der Waals surface area contributed by atoms with Gasteiger partial charge in [0.05, 0.1) is 12.0 Å². The van der Waals surface area contributed by atoms with Crippen molar-refractivity contribution in [3.8, 4) is 0 Å². The summed E-state index contributed by atoms with van der Waals surface area (Å²) in [6, 6.07) is -0.114. The van der Waals surface area contributed by atoms with Gasteiger partial charge in [-0.05, 0) is 52.9 Å². The zero-order chi connectivity index (χ0) is 17.8. The van der Waals surface area contributed by atoms with Crippen LogP contribution in [0.5, 0.6) is 0 Å². The number of nitrogens with one attached hydrogen (secondary N) is 1. The number of rotatable bonds is 5. The van der Waals surface area contributed by atoms with E-state index in [1.807, 2.05) is 20.8 Å². The van der Waals surface area contributed by atoms with Gasteiger partial charge in [0, 0.05) is 12.5 Å². The summed E-state index contributed by atoms with van der Waals surface area (Å²) in [4.78, 5) is 16.2. The SMILES string of the molecule is CCCc1noc(C[C@]2(O)CCC[C@@H](NC(=O)OC(C)(C)C)C2)n1. The van der Waals surface area contributed by atoms with Gasteiger partial charge in [-0.1, -0.05) is 12.1 Å². The number of nitrogens with zero attached hydrogens (tertiary/aromatic N) is 2. The van der Waals surface area contributed by atoms with Crippen molar-refractivity contribution < 1.29 is 19.2 Å². The standard InChI is InChI=1S/C17H29N3O4/c1-5-7-13-19-14(24-20-13)11-17(22)9-6-8-12(10-17)18-15(21)23-16(2,3)4/h12,22H,5-11H2,1-4H3,(H,18,21)/t12-,17+/m1/s1. The van der Waals surface area contributed by atoms with Crippen molar-refractivity contribution >= 4 is 6.09 Å². The summed E-state index contributed by atoms with van der Waals surface area (Å²) in [7, 11) is 0. The summed E-state index contributed by atoms with van der Waals surface area (Å²) in [5.41, 5.74) is -1.47. The highest BCUT2D eigenvalue weighted by molar-refractivity contribution is 5.68. The van der Waals surface area contributed by atoms with Gasteiger partial charge in [0.1, 0.15) is 5.60 Å². The smallest absolute Gasteiger partial charge is 0.407 e. The number of hydrogen-bond donors (Lipinski definition) is 2. The lowest BCUT2D eigenvalue weighted by Gasteiger charge is -2.36. The largest absolute Gasteiger partial charge is 0.444 e. The van der Waals surface area contributed by atoms with Gasteiger partial charge in [-0.2, -0.15) is 4.98 Å². The van der Waals surface area contributed by atoms with E-state index in [2.05, 4.69) is 22.4 Å². The van der Waals surface area contributed by atoms with Crippen LogP contribution in [0.25, 0.3) is 0 Å². The number of amides is 1. The molecule has 0 saturated heterocycles. The zero-order valence-corrected chi connectivity index (χ0v) is 15.1. The minimum absolute atomic E-state index is 0.114. The molecule has 1 aromatic rings. The van der Waals surface area contributed by atoms with E-state index in [1.54, 1.807) is 0 Å². The topological polar surface area (TPSA) is 97.5 Å². The van der Waals surface area contributed by atoms with Gasteiger partial charge in [-0.3, -0.25) is 0 Å². The first-order valence-electron chi connectivity index (χ1n) is 8.72. The minimum Gasteiger partial charge on any atom is -0.444 e. The number of carbonyl (C=O) groups excluding carboxylic acids is 1. The molecule has 1 heterocycles. The van der Waals surface area contributed by atoms with Crippen LogP contribution in [-0.2, 0) is 17.6 Å². The molecule has 1 aliphatic rings. The van der Waals surface area contributed by atoms with Crippen LogP contribution in [0, 0.1) is 0 Å². The maximum Gasteiger partial charge on any atom is 0.407 e. The fourth-order valence-electron chi connectivity index (χ4n) is 3.07. The molecule has 0 unspecified atom stereocenters. The second kappa shape index (κ2) is 7.51. The van der Waals surface area contributed by atoms with Gasteiger partial charge in [-0.15, -0.1) is 0 Å². The van der Waals surface area contributed by atoms with Crippen molar-refractivity contribution in [1.29, 1.82) is 0 Å². The van der Waals surface area contributed by atoms with Crippen LogP contribution >= 0.6 is 0 Å². The normalized spacial score (nSPS) is 24.6. The maximum atomic E-state index is 11.9. The lowest BCUT2D eigenvalue weighted by molar-refractivity contribution is -0.0149. The molecule has 7 heteroatoms. The van der Waals surface area contributed by atoms with Gasteiger partial charge < -0.3 is 19.7 Å². The number of aromatic nitrogens is 2. The number of aryl methyl sites for hydroxylation is 1. The van der Waals surface area contributed by atoms with E-state index < -0.39 is 17.3 Å². The third-order valence-corrected chi connectivity index (χ3v) is 4.01. The van der Waals surface area contributed by atoms with Crippen LogP contribution < -0.4 is 5.32 Å². The highest BCUT2D eigenvalue weighted by atomic mass is 16.6. The van der Waals surface area contributed by atoms with E-state index in [0.717, 1.165) is 25.7 Å². The summed E-state index contributed by atoms with van der Waals surface area (Å²) in [5.74, 6) is 1.13. The first kappa shape index (κ1) is 18.7. The van der Waals surface area contributed by atoms with Crippen molar-refractivity contribution in [3.63, 3.8) is 0 Å². The molecular formula is C17H29N3O4. The van der Waals surface area contributed by atoms with Crippen LogP contribution in [-0.4, -0.2) is 38.6 Å². The Labute approximate surface area is 143 Å². The maximum absolute atomic E-state index is 11.9. The van der Waals surface area contributed by atoms with E-state index in [0.29, 0.717) is 31.0 Å². The first-order chi connectivity index (χ1) is 11.2. The van der Waals surface area contributed by atoms with Crippen LogP contribution in [0.1, 0.15) is 71.5 Å². The summed E-state index contributed by atoms with van der Waals surface area (Å²) >= 11 is 0. The molecule has 2 N–H and O–H groups in total. The molecule has 24 heavy (non-hydrogen) atoms. The van der Waals surface area contributed by atoms with Crippen molar-refractivity contribution in [2.45, 2.75) is 89.9 Å². The monoisotopic (exact) mass is 339 g/mol. The summed E-state index contributed by atoms with van der Waals surface area (Å²) in [5, 5.41) is 17.6. The van der Waals surface area contributed by atoms with E-state index in [-0.39, 0.29) is 6.04 Å². The molecule has 1 fully saturated rings. The van der Waals surface area contributed by atoms with Crippen LogP contribution in [0.4, 0.5) is 4.79 Å². The average Bonchev–Trinajstić information content (AvgIpc) is 2.83. The van der Waals surface area contributed by atoms with E-state index in [9.17, 15) is 9.90 Å². The van der Waals surface area contributed by atoms with Gasteiger partial charge in [-0.25, -0.2) is 4.79 Å². The fourth-order valence-corrected chi connectivity index (χ4v) is 3.07. The predicted octanol–water partition coefficient (Wildman–Crippen LogP) is 2.76. The Morgan fingerprint density at radius 3 is 2.92 bits per heavy atom. The van der Waals surface area contributed by atoms with Crippen molar-refractivity contribution in [3.05, 3.63) is 11.7 Å². The molecule has 0 radical (unpaired) electrons. The lowest BCUT2D eigenvalue weighted by Crippen LogP contribution is -2.48. The molecule has 0 bridgehead atoms.